The van der Waals surface area contributed by atoms with Crippen molar-refractivity contribution in [1.82, 2.24) is 9.78 Å². The van der Waals surface area contributed by atoms with Crippen LogP contribution >= 0.6 is 0 Å². The fourth-order valence-corrected chi connectivity index (χ4v) is 4.78. The third-order valence-electron chi connectivity index (χ3n) is 6.51. The summed E-state index contributed by atoms with van der Waals surface area (Å²) in [6, 6.07) is 11.5. The van der Waals surface area contributed by atoms with Gasteiger partial charge in [0.15, 0.2) is 17.3 Å². The Morgan fingerprint density at radius 3 is 2.33 bits per heavy atom. The van der Waals surface area contributed by atoms with Crippen molar-refractivity contribution in [3.8, 4) is 11.4 Å². The molecule has 1 fully saturated rings. The van der Waals surface area contributed by atoms with E-state index in [1.807, 2.05) is 12.1 Å². The highest BCUT2D eigenvalue weighted by atomic mass is 19.1. The number of aromatic nitrogens is 2. The number of rotatable bonds is 6. The summed E-state index contributed by atoms with van der Waals surface area (Å²) >= 11 is 0. The van der Waals surface area contributed by atoms with Crippen molar-refractivity contribution in [3.05, 3.63) is 65.2 Å². The van der Waals surface area contributed by atoms with Crippen LogP contribution in [0.15, 0.2) is 42.5 Å². The Hall–Kier alpha value is -4.21. The molecule has 10 heteroatoms. The summed E-state index contributed by atoms with van der Waals surface area (Å²) in [5, 5.41) is 4.28. The van der Waals surface area contributed by atoms with E-state index in [9.17, 15) is 18.8 Å². The first-order valence-electron chi connectivity index (χ1n) is 12.0. The lowest BCUT2D eigenvalue weighted by molar-refractivity contribution is -0.119. The predicted octanol–water partition coefficient (Wildman–Crippen LogP) is 3.23. The molecule has 0 aliphatic carbocycles. The maximum atomic E-state index is 14.6. The Balaban J connectivity index is 1.50. The largest absolute Gasteiger partial charge is 0.491 e. The van der Waals surface area contributed by atoms with Crippen LogP contribution in [-0.2, 0) is 11.2 Å². The highest BCUT2D eigenvalue weighted by molar-refractivity contribution is 6.09. The SMILES string of the molecule is CCOc1ccc(-n2nc(C(N)=O)c3c2C(=O)N(c2ccc(N4CCCCC4=O)cc2)CC3)cc1F. The summed E-state index contributed by atoms with van der Waals surface area (Å²) in [6.45, 7) is 3.05. The molecule has 0 unspecified atom stereocenters. The Kier molecular flexibility index (Phi) is 6.17. The van der Waals surface area contributed by atoms with Gasteiger partial charge in [-0.05, 0) is 62.6 Å². The predicted molar refractivity (Wildman–Crippen MR) is 131 cm³/mol. The molecule has 0 saturated carbocycles. The van der Waals surface area contributed by atoms with Crippen molar-refractivity contribution < 1.29 is 23.5 Å². The molecule has 3 aromatic rings. The van der Waals surface area contributed by atoms with Gasteiger partial charge in [-0.15, -0.1) is 0 Å². The van der Waals surface area contributed by atoms with Gasteiger partial charge in [0.05, 0.1) is 12.3 Å². The average Bonchev–Trinajstić information content (AvgIpc) is 3.27. The first-order valence-corrected chi connectivity index (χ1v) is 12.0. The van der Waals surface area contributed by atoms with Crippen LogP contribution in [0.4, 0.5) is 15.8 Å². The van der Waals surface area contributed by atoms with Gasteiger partial charge in [0.25, 0.3) is 11.8 Å². The number of anilines is 2. The highest BCUT2D eigenvalue weighted by Gasteiger charge is 2.35. The van der Waals surface area contributed by atoms with Crippen molar-refractivity contribution in [2.45, 2.75) is 32.6 Å². The van der Waals surface area contributed by atoms with Gasteiger partial charge in [0.2, 0.25) is 5.91 Å². The second-order valence-corrected chi connectivity index (χ2v) is 8.73. The zero-order valence-corrected chi connectivity index (χ0v) is 19.9. The van der Waals surface area contributed by atoms with Crippen LogP contribution in [0.2, 0.25) is 0 Å². The number of carbonyl (C=O) groups is 3. The maximum absolute atomic E-state index is 14.6. The summed E-state index contributed by atoms with van der Waals surface area (Å²) in [4.78, 5) is 41.4. The van der Waals surface area contributed by atoms with E-state index in [4.69, 9.17) is 10.5 Å². The van der Waals surface area contributed by atoms with Gasteiger partial charge in [-0.2, -0.15) is 5.10 Å². The topological polar surface area (TPSA) is 111 Å². The zero-order chi connectivity index (χ0) is 25.4. The fraction of sp³-hybridized carbons (Fsp3) is 0.308. The van der Waals surface area contributed by atoms with Crippen LogP contribution in [0, 0.1) is 5.82 Å². The second kappa shape index (κ2) is 9.44. The summed E-state index contributed by atoms with van der Waals surface area (Å²) in [5.74, 6) is -1.57. The molecule has 3 amide bonds. The normalized spacial score (nSPS) is 15.7. The number of hydrogen-bond acceptors (Lipinski definition) is 5. The van der Waals surface area contributed by atoms with Crippen molar-refractivity contribution in [3.63, 3.8) is 0 Å². The summed E-state index contributed by atoms with van der Waals surface area (Å²) < 4.78 is 21.1. The van der Waals surface area contributed by atoms with Crippen LogP contribution in [0.3, 0.4) is 0 Å². The second-order valence-electron chi connectivity index (χ2n) is 8.73. The van der Waals surface area contributed by atoms with E-state index in [0.717, 1.165) is 18.5 Å². The molecule has 0 spiro atoms. The van der Waals surface area contributed by atoms with E-state index < -0.39 is 11.7 Å². The lowest BCUT2D eigenvalue weighted by Gasteiger charge is -2.29. The number of hydrogen-bond donors (Lipinski definition) is 1. The molecule has 2 aliphatic heterocycles. The molecule has 5 rings (SSSR count). The molecule has 36 heavy (non-hydrogen) atoms. The lowest BCUT2D eigenvalue weighted by Crippen LogP contribution is -2.39. The van der Waals surface area contributed by atoms with E-state index in [1.54, 1.807) is 34.9 Å². The van der Waals surface area contributed by atoms with Gasteiger partial charge in [-0.1, -0.05) is 0 Å². The molecule has 2 N–H and O–H groups in total. The smallest absolute Gasteiger partial charge is 0.277 e. The molecule has 0 radical (unpaired) electrons. The Morgan fingerprint density at radius 2 is 1.69 bits per heavy atom. The Morgan fingerprint density at radius 1 is 1.00 bits per heavy atom. The fourth-order valence-electron chi connectivity index (χ4n) is 4.78. The first-order chi connectivity index (χ1) is 17.4. The molecular weight excluding hydrogens is 465 g/mol. The van der Waals surface area contributed by atoms with E-state index in [0.29, 0.717) is 43.8 Å². The van der Waals surface area contributed by atoms with E-state index in [2.05, 4.69) is 5.10 Å². The lowest BCUT2D eigenvalue weighted by atomic mass is 10.0. The number of benzene rings is 2. The zero-order valence-electron chi connectivity index (χ0n) is 19.9. The van der Waals surface area contributed by atoms with Gasteiger partial charge in [-0.3, -0.25) is 14.4 Å². The van der Waals surface area contributed by atoms with Crippen LogP contribution in [0.5, 0.6) is 5.75 Å². The molecule has 3 heterocycles. The number of primary amides is 1. The summed E-state index contributed by atoms with van der Waals surface area (Å²) in [7, 11) is 0. The molecule has 2 aromatic carbocycles. The maximum Gasteiger partial charge on any atom is 0.277 e. The monoisotopic (exact) mass is 491 g/mol. The average molecular weight is 492 g/mol. The first kappa shape index (κ1) is 23.5. The standard InChI is InChI=1S/C26H26FN5O4/c1-2-36-21-11-10-18(15-20(21)27)32-24-19(23(29-32)25(28)34)12-14-31(26(24)35)17-8-6-16(7-9-17)30-13-4-3-5-22(30)33/h6-11,15H,2-5,12-14H2,1H3,(H2,28,34). The Labute approximate surface area is 207 Å². The minimum absolute atomic E-state index is 0.00810. The third-order valence-corrected chi connectivity index (χ3v) is 6.51. The van der Waals surface area contributed by atoms with Crippen LogP contribution < -0.4 is 20.3 Å². The van der Waals surface area contributed by atoms with Gasteiger partial charge in [0.1, 0.15) is 5.69 Å². The van der Waals surface area contributed by atoms with Gasteiger partial charge in [0, 0.05) is 42.5 Å². The quantitative estimate of drug-likeness (QED) is 0.569. The molecular formula is C26H26FN5O4. The molecule has 0 atom stereocenters. The van der Waals surface area contributed by atoms with Crippen molar-refractivity contribution in [2.75, 3.05) is 29.5 Å². The van der Waals surface area contributed by atoms with E-state index >= 15 is 0 Å². The van der Waals surface area contributed by atoms with Gasteiger partial charge >= 0.3 is 0 Å². The summed E-state index contributed by atoms with van der Waals surface area (Å²) in [6.07, 6.45) is 2.75. The van der Waals surface area contributed by atoms with Crippen molar-refractivity contribution in [2.24, 2.45) is 5.73 Å². The number of amides is 3. The van der Waals surface area contributed by atoms with Crippen LogP contribution in [-0.4, -0.2) is 47.2 Å². The number of halogens is 1. The third kappa shape index (κ3) is 4.08. The number of piperidine rings is 1. The molecule has 1 saturated heterocycles. The minimum Gasteiger partial charge on any atom is -0.491 e. The Bertz CT molecular complexity index is 1350. The number of nitrogens with two attached hydrogens (primary N) is 1. The molecule has 9 nitrogen and oxygen atoms in total. The van der Waals surface area contributed by atoms with Crippen LogP contribution in [0.25, 0.3) is 5.69 Å². The molecule has 1 aromatic heterocycles. The molecule has 186 valence electrons. The van der Waals surface area contributed by atoms with E-state index in [1.165, 1.54) is 16.8 Å². The molecule has 0 bridgehead atoms. The molecule has 2 aliphatic rings. The van der Waals surface area contributed by atoms with Crippen molar-refractivity contribution in [1.29, 1.82) is 0 Å². The number of carbonyl (C=O) groups excluding carboxylic acids is 3. The van der Waals surface area contributed by atoms with Gasteiger partial charge < -0.3 is 20.3 Å². The van der Waals surface area contributed by atoms with Gasteiger partial charge in [-0.25, -0.2) is 9.07 Å². The van der Waals surface area contributed by atoms with Crippen LogP contribution in [0.1, 0.15) is 52.7 Å². The van der Waals surface area contributed by atoms with Crippen molar-refractivity contribution >= 4 is 29.1 Å². The number of fused-ring (bicyclic) bond motifs is 1. The van der Waals surface area contributed by atoms with E-state index in [-0.39, 0.29) is 34.6 Å². The minimum atomic E-state index is -0.756. The number of ether oxygens (including phenoxy) is 1. The number of nitrogens with zero attached hydrogens (tertiary/aromatic N) is 4. The summed E-state index contributed by atoms with van der Waals surface area (Å²) in [5.41, 5.74) is 7.85. The highest BCUT2D eigenvalue weighted by Crippen LogP contribution is 2.31.